The normalized spacial score (nSPS) is 11.0. The number of benzene rings is 2. The molecule has 29 heavy (non-hydrogen) atoms. The van der Waals surface area contributed by atoms with E-state index >= 15 is 0 Å². The second-order valence-corrected chi connectivity index (χ2v) is 6.68. The van der Waals surface area contributed by atoms with E-state index in [1.54, 1.807) is 12.4 Å². The van der Waals surface area contributed by atoms with Gasteiger partial charge in [0, 0.05) is 12.8 Å². The molecule has 0 saturated heterocycles. The molecule has 0 aliphatic rings. The van der Waals surface area contributed by atoms with Crippen molar-refractivity contribution < 1.29 is 9.59 Å². The summed E-state index contributed by atoms with van der Waals surface area (Å²) in [7, 11) is 0. The second kappa shape index (κ2) is 13.8. The van der Waals surface area contributed by atoms with Crippen molar-refractivity contribution in [2.45, 2.75) is 44.9 Å². The number of carbonyl (C=O) groups excluding carboxylic acids is 2. The van der Waals surface area contributed by atoms with E-state index in [1.165, 1.54) is 0 Å². The summed E-state index contributed by atoms with van der Waals surface area (Å²) in [6.45, 7) is 0. The Morgan fingerprint density at radius 3 is 1.41 bits per heavy atom. The number of nitrogens with zero attached hydrogens (tertiary/aromatic N) is 2. The van der Waals surface area contributed by atoms with Gasteiger partial charge in [-0.15, -0.1) is 0 Å². The average Bonchev–Trinajstić information content (AvgIpc) is 2.74. The quantitative estimate of drug-likeness (QED) is 0.325. The third kappa shape index (κ3) is 10.6. The van der Waals surface area contributed by atoms with Gasteiger partial charge in [0.15, 0.2) is 0 Å². The number of amides is 2. The van der Waals surface area contributed by atoms with Gasteiger partial charge in [0.05, 0.1) is 12.4 Å². The lowest BCUT2D eigenvalue weighted by Crippen LogP contribution is -2.17. The lowest BCUT2D eigenvalue weighted by atomic mass is 10.1. The fourth-order valence-electron chi connectivity index (χ4n) is 2.65. The maximum absolute atomic E-state index is 11.7. The van der Waals surface area contributed by atoms with E-state index < -0.39 is 0 Å². The van der Waals surface area contributed by atoms with Gasteiger partial charge in [0.2, 0.25) is 11.8 Å². The Hall–Kier alpha value is -3.28. The molecule has 0 unspecified atom stereocenters. The second-order valence-electron chi connectivity index (χ2n) is 6.68. The summed E-state index contributed by atoms with van der Waals surface area (Å²) in [5.74, 6) is -0.152. The smallest absolute Gasteiger partial charge is 0.240 e. The van der Waals surface area contributed by atoms with Crippen LogP contribution >= 0.6 is 0 Å². The first kappa shape index (κ1) is 22.0. The van der Waals surface area contributed by atoms with E-state index in [0.29, 0.717) is 12.8 Å². The minimum absolute atomic E-state index is 0.0761. The van der Waals surface area contributed by atoms with E-state index in [9.17, 15) is 9.59 Å². The van der Waals surface area contributed by atoms with Crippen molar-refractivity contribution in [1.82, 2.24) is 10.9 Å². The summed E-state index contributed by atoms with van der Waals surface area (Å²) < 4.78 is 0. The van der Waals surface area contributed by atoms with Crippen LogP contribution in [0.4, 0.5) is 0 Å². The van der Waals surface area contributed by atoms with E-state index in [2.05, 4.69) is 21.1 Å². The molecular weight excluding hydrogens is 364 g/mol. The van der Waals surface area contributed by atoms with E-state index in [4.69, 9.17) is 0 Å². The molecule has 0 heterocycles. The van der Waals surface area contributed by atoms with Gasteiger partial charge in [0.25, 0.3) is 0 Å². The van der Waals surface area contributed by atoms with Gasteiger partial charge in [-0.05, 0) is 24.0 Å². The molecule has 0 aliphatic heterocycles. The van der Waals surface area contributed by atoms with Crippen molar-refractivity contribution in [1.29, 1.82) is 0 Å². The summed E-state index contributed by atoms with van der Waals surface area (Å²) in [5.41, 5.74) is 6.98. The molecule has 6 nitrogen and oxygen atoms in total. The molecule has 152 valence electrons. The lowest BCUT2D eigenvalue weighted by Gasteiger charge is -2.02. The van der Waals surface area contributed by atoms with Crippen molar-refractivity contribution >= 4 is 24.2 Å². The fraction of sp³-hybridized carbons (Fsp3) is 0.304. The maximum atomic E-state index is 11.7. The molecule has 0 aromatic heterocycles. The maximum Gasteiger partial charge on any atom is 0.240 e. The van der Waals surface area contributed by atoms with Crippen LogP contribution in [0.2, 0.25) is 0 Å². The van der Waals surface area contributed by atoms with E-state index in [-0.39, 0.29) is 11.8 Å². The topological polar surface area (TPSA) is 82.9 Å². The van der Waals surface area contributed by atoms with Crippen LogP contribution in [0.25, 0.3) is 0 Å². The van der Waals surface area contributed by atoms with Crippen LogP contribution in [0.15, 0.2) is 70.9 Å². The zero-order chi connectivity index (χ0) is 20.6. The zero-order valence-corrected chi connectivity index (χ0v) is 16.6. The summed E-state index contributed by atoms with van der Waals surface area (Å²) in [6.07, 6.45) is 8.75. The van der Waals surface area contributed by atoms with Crippen LogP contribution < -0.4 is 10.9 Å². The molecule has 0 atom stereocenters. The largest absolute Gasteiger partial charge is 0.273 e. The third-order valence-corrected chi connectivity index (χ3v) is 4.21. The van der Waals surface area contributed by atoms with Crippen molar-refractivity contribution in [3.8, 4) is 0 Å². The molecule has 0 aliphatic carbocycles. The van der Waals surface area contributed by atoms with Gasteiger partial charge < -0.3 is 0 Å². The van der Waals surface area contributed by atoms with Crippen LogP contribution in [-0.4, -0.2) is 24.2 Å². The van der Waals surface area contributed by atoms with Gasteiger partial charge >= 0.3 is 0 Å². The molecule has 0 fully saturated rings. The minimum Gasteiger partial charge on any atom is -0.273 e. The van der Waals surface area contributed by atoms with E-state index in [1.807, 2.05) is 60.7 Å². The van der Waals surface area contributed by atoms with Crippen molar-refractivity contribution in [3.05, 3.63) is 71.8 Å². The standard InChI is InChI=1S/C23H28N4O2/c28-22(26-24-18-20-12-6-4-7-13-20)16-10-2-1-3-11-17-23(29)27-25-19-21-14-8-5-9-15-21/h4-9,12-15,18-19H,1-3,10-11,16-17H2,(H,26,28)(H,27,29)/b24-18-,25-19-. The highest BCUT2D eigenvalue weighted by molar-refractivity contribution is 5.82. The summed E-state index contributed by atoms with van der Waals surface area (Å²) >= 11 is 0. The lowest BCUT2D eigenvalue weighted by molar-refractivity contribution is -0.121. The van der Waals surface area contributed by atoms with Crippen molar-refractivity contribution in [2.24, 2.45) is 10.2 Å². The molecule has 2 rings (SSSR count). The van der Waals surface area contributed by atoms with Gasteiger partial charge in [-0.25, -0.2) is 10.9 Å². The summed E-state index contributed by atoms with van der Waals surface area (Å²) in [6, 6.07) is 19.2. The Morgan fingerprint density at radius 1 is 0.621 bits per heavy atom. The number of rotatable bonds is 12. The van der Waals surface area contributed by atoms with Crippen LogP contribution in [0, 0.1) is 0 Å². The number of hydrogen-bond donors (Lipinski definition) is 2. The number of hydrazone groups is 2. The van der Waals surface area contributed by atoms with Gasteiger partial charge in [-0.2, -0.15) is 10.2 Å². The highest BCUT2D eigenvalue weighted by atomic mass is 16.2. The van der Waals surface area contributed by atoms with Crippen LogP contribution in [0.3, 0.4) is 0 Å². The number of unbranched alkanes of at least 4 members (excludes halogenated alkanes) is 4. The highest BCUT2D eigenvalue weighted by Gasteiger charge is 2.01. The SMILES string of the molecule is O=C(CCCCCCCC(=O)N/N=C\c1ccccc1)N/N=C\c1ccccc1. The number of hydrogen-bond acceptors (Lipinski definition) is 4. The molecule has 2 aromatic rings. The fourth-order valence-corrected chi connectivity index (χ4v) is 2.65. The minimum atomic E-state index is -0.0761. The molecule has 2 amide bonds. The molecule has 0 spiro atoms. The Balaban J connectivity index is 1.44. The Kier molecular flexibility index (Phi) is 10.5. The average molecular weight is 393 g/mol. The third-order valence-electron chi connectivity index (χ3n) is 4.21. The first-order chi connectivity index (χ1) is 14.2. The van der Waals surface area contributed by atoms with Crippen LogP contribution in [0.5, 0.6) is 0 Å². The highest BCUT2D eigenvalue weighted by Crippen LogP contribution is 2.07. The summed E-state index contributed by atoms with van der Waals surface area (Å²) in [5, 5.41) is 7.91. The zero-order valence-electron chi connectivity index (χ0n) is 16.6. The molecule has 2 N–H and O–H groups in total. The Morgan fingerprint density at radius 2 is 1.00 bits per heavy atom. The molecule has 0 bridgehead atoms. The van der Waals surface area contributed by atoms with Gasteiger partial charge in [0.1, 0.15) is 0 Å². The Bertz CT molecular complexity index is 722. The predicted octanol–water partition coefficient (Wildman–Crippen LogP) is 4.02. The molecule has 6 heteroatoms. The Labute approximate surface area is 172 Å². The van der Waals surface area contributed by atoms with Crippen LogP contribution in [0.1, 0.15) is 56.1 Å². The predicted molar refractivity (Wildman–Crippen MR) is 117 cm³/mol. The monoisotopic (exact) mass is 392 g/mol. The first-order valence-corrected chi connectivity index (χ1v) is 9.98. The number of nitrogens with one attached hydrogen (secondary N) is 2. The van der Waals surface area contributed by atoms with Crippen molar-refractivity contribution in [2.75, 3.05) is 0 Å². The van der Waals surface area contributed by atoms with Gasteiger partial charge in [-0.3, -0.25) is 9.59 Å². The van der Waals surface area contributed by atoms with Gasteiger partial charge in [-0.1, -0.05) is 79.9 Å². The summed E-state index contributed by atoms with van der Waals surface area (Å²) in [4.78, 5) is 23.4. The molecule has 0 saturated carbocycles. The first-order valence-electron chi connectivity index (χ1n) is 9.98. The molecular formula is C23H28N4O2. The van der Waals surface area contributed by atoms with E-state index in [0.717, 1.165) is 43.2 Å². The number of carbonyl (C=O) groups is 2. The molecule has 2 aromatic carbocycles. The van der Waals surface area contributed by atoms with Crippen molar-refractivity contribution in [3.63, 3.8) is 0 Å². The molecule has 0 radical (unpaired) electrons. The van der Waals surface area contributed by atoms with Crippen LogP contribution in [-0.2, 0) is 9.59 Å².